The molecule has 0 amide bonds. The number of guanidine groups is 1. The Balaban J connectivity index is 1.59. The minimum atomic E-state index is -2.95. The number of nitrogens with zero attached hydrogens (tertiary/aromatic N) is 2. The lowest BCUT2D eigenvalue weighted by Crippen LogP contribution is -2.46. The average molecular weight is 361 g/mol. The number of hydrogen-bond donors (Lipinski definition) is 2. The molecule has 2 fully saturated rings. The van der Waals surface area contributed by atoms with Crippen molar-refractivity contribution in [2.75, 3.05) is 51.9 Å². The first-order valence-electron chi connectivity index (χ1n) is 8.94. The van der Waals surface area contributed by atoms with Crippen molar-refractivity contribution < 1.29 is 13.2 Å². The SMILES string of the molecule is CN=C(NCCOCCS(C)(=O)=O)NC1CCN(C2CCCC2)C1. The first kappa shape index (κ1) is 19.5. The van der Waals surface area contributed by atoms with Crippen molar-refractivity contribution in [1.82, 2.24) is 15.5 Å². The van der Waals surface area contributed by atoms with E-state index in [9.17, 15) is 8.42 Å². The first-order chi connectivity index (χ1) is 11.5. The van der Waals surface area contributed by atoms with E-state index in [1.165, 1.54) is 38.5 Å². The van der Waals surface area contributed by atoms with Crippen LogP contribution in [0.25, 0.3) is 0 Å². The highest BCUT2D eigenvalue weighted by Gasteiger charge is 2.30. The standard InChI is InChI=1S/C16H32N4O3S/c1-17-16(18-8-10-23-11-12-24(2,21)22)19-14-7-9-20(13-14)15-5-3-4-6-15/h14-15H,3-13H2,1-2H3,(H2,17,18,19). The van der Waals surface area contributed by atoms with Gasteiger partial charge in [0.05, 0.1) is 19.0 Å². The Labute approximate surface area is 146 Å². The third-order valence-corrected chi connectivity index (χ3v) is 5.67. The molecule has 2 aliphatic rings. The van der Waals surface area contributed by atoms with E-state index in [0.717, 1.165) is 25.0 Å². The van der Waals surface area contributed by atoms with E-state index in [0.29, 0.717) is 19.2 Å². The maximum atomic E-state index is 11.0. The number of nitrogens with one attached hydrogen (secondary N) is 2. The Bertz CT molecular complexity index is 503. The molecule has 2 rings (SSSR count). The van der Waals surface area contributed by atoms with Crippen LogP contribution in [0.15, 0.2) is 4.99 Å². The Morgan fingerprint density at radius 3 is 2.67 bits per heavy atom. The highest BCUT2D eigenvalue weighted by molar-refractivity contribution is 7.90. The molecule has 7 nitrogen and oxygen atoms in total. The van der Waals surface area contributed by atoms with Gasteiger partial charge in [-0.2, -0.15) is 0 Å². The summed E-state index contributed by atoms with van der Waals surface area (Å²) in [6.07, 6.45) is 7.83. The number of sulfone groups is 1. The maximum absolute atomic E-state index is 11.0. The summed E-state index contributed by atoms with van der Waals surface area (Å²) in [5, 5.41) is 6.70. The van der Waals surface area contributed by atoms with Crippen LogP contribution in [0.2, 0.25) is 0 Å². The van der Waals surface area contributed by atoms with Crippen LogP contribution in [-0.2, 0) is 14.6 Å². The van der Waals surface area contributed by atoms with Gasteiger partial charge in [-0.15, -0.1) is 0 Å². The zero-order valence-electron chi connectivity index (χ0n) is 15.0. The fourth-order valence-electron chi connectivity index (χ4n) is 3.45. The molecule has 1 aliphatic heterocycles. The summed E-state index contributed by atoms with van der Waals surface area (Å²) in [6, 6.07) is 1.23. The molecule has 24 heavy (non-hydrogen) atoms. The van der Waals surface area contributed by atoms with Crippen LogP contribution in [0.1, 0.15) is 32.1 Å². The van der Waals surface area contributed by atoms with Crippen LogP contribution in [-0.4, -0.2) is 83.3 Å². The van der Waals surface area contributed by atoms with E-state index in [1.807, 2.05) is 0 Å². The lowest BCUT2D eigenvalue weighted by molar-refractivity contribution is 0.154. The van der Waals surface area contributed by atoms with E-state index < -0.39 is 9.84 Å². The first-order valence-corrected chi connectivity index (χ1v) is 11.0. The quantitative estimate of drug-likeness (QED) is 0.366. The number of likely N-dealkylation sites (tertiary alicyclic amines) is 1. The summed E-state index contributed by atoms with van der Waals surface area (Å²) in [5.41, 5.74) is 0. The zero-order valence-corrected chi connectivity index (χ0v) is 15.8. The van der Waals surface area contributed by atoms with Crippen molar-refractivity contribution in [3.8, 4) is 0 Å². The van der Waals surface area contributed by atoms with Gasteiger partial charge in [-0.05, 0) is 19.3 Å². The van der Waals surface area contributed by atoms with Gasteiger partial charge < -0.3 is 15.4 Å². The fourth-order valence-corrected chi connectivity index (χ4v) is 3.87. The summed E-state index contributed by atoms with van der Waals surface area (Å²) in [4.78, 5) is 6.87. The predicted octanol–water partition coefficient (Wildman–Crippen LogP) is 0.230. The van der Waals surface area contributed by atoms with Crippen molar-refractivity contribution in [2.24, 2.45) is 4.99 Å². The molecular formula is C16H32N4O3S. The topological polar surface area (TPSA) is 83.0 Å². The molecule has 0 radical (unpaired) electrons. The average Bonchev–Trinajstić information content (AvgIpc) is 3.19. The van der Waals surface area contributed by atoms with Gasteiger partial charge in [0.25, 0.3) is 0 Å². The second-order valence-corrected chi connectivity index (χ2v) is 9.06. The summed E-state index contributed by atoms with van der Waals surface area (Å²) in [7, 11) is -1.18. The van der Waals surface area contributed by atoms with Crippen LogP contribution in [0.5, 0.6) is 0 Å². The van der Waals surface area contributed by atoms with Gasteiger partial charge in [-0.3, -0.25) is 9.89 Å². The normalized spacial score (nSPS) is 23.8. The van der Waals surface area contributed by atoms with Gasteiger partial charge in [0, 0.05) is 45.0 Å². The molecule has 0 aromatic heterocycles. The van der Waals surface area contributed by atoms with Gasteiger partial charge in [-0.1, -0.05) is 12.8 Å². The minimum Gasteiger partial charge on any atom is -0.379 e. The van der Waals surface area contributed by atoms with E-state index >= 15 is 0 Å². The van der Waals surface area contributed by atoms with Gasteiger partial charge >= 0.3 is 0 Å². The molecule has 2 N–H and O–H groups in total. The van der Waals surface area contributed by atoms with Gasteiger partial charge in [0.2, 0.25) is 0 Å². The van der Waals surface area contributed by atoms with Crippen molar-refractivity contribution in [3.05, 3.63) is 0 Å². The van der Waals surface area contributed by atoms with Crippen LogP contribution >= 0.6 is 0 Å². The third-order valence-electron chi connectivity index (χ3n) is 4.76. The highest BCUT2D eigenvalue weighted by atomic mass is 32.2. The van der Waals surface area contributed by atoms with Crippen molar-refractivity contribution >= 4 is 15.8 Å². The fraction of sp³-hybridized carbons (Fsp3) is 0.938. The summed E-state index contributed by atoms with van der Waals surface area (Å²) >= 11 is 0. The minimum absolute atomic E-state index is 0.0685. The molecule has 1 saturated heterocycles. The van der Waals surface area contributed by atoms with Gasteiger partial charge in [-0.25, -0.2) is 8.42 Å². The summed E-state index contributed by atoms with van der Waals surface area (Å²) in [6.45, 7) is 3.59. The van der Waals surface area contributed by atoms with Gasteiger partial charge in [0.1, 0.15) is 9.84 Å². The summed E-state index contributed by atoms with van der Waals surface area (Å²) < 4.78 is 27.3. The molecular weight excluding hydrogens is 328 g/mol. The number of hydrogen-bond acceptors (Lipinski definition) is 5. The largest absolute Gasteiger partial charge is 0.379 e. The van der Waals surface area contributed by atoms with E-state index in [-0.39, 0.29) is 12.4 Å². The molecule has 0 aromatic carbocycles. The van der Waals surface area contributed by atoms with Crippen molar-refractivity contribution in [3.63, 3.8) is 0 Å². The molecule has 1 unspecified atom stereocenters. The highest BCUT2D eigenvalue weighted by Crippen LogP contribution is 2.26. The molecule has 8 heteroatoms. The Hall–Kier alpha value is -0.860. The van der Waals surface area contributed by atoms with Crippen molar-refractivity contribution in [1.29, 1.82) is 0 Å². The Kier molecular flexibility index (Phi) is 7.77. The predicted molar refractivity (Wildman–Crippen MR) is 97.3 cm³/mol. The van der Waals surface area contributed by atoms with Gasteiger partial charge in [0.15, 0.2) is 5.96 Å². The van der Waals surface area contributed by atoms with E-state index in [4.69, 9.17) is 4.74 Å². The summed E-state index contributed by atoms with van der Waals surface area (Å²) in [5.74, 6) is 0.860. The van der Waals surface area contributed by atoms with Crippen molar-refractivity contribution in [2.45, 2.75) is 44.2 Å². The smallest absolute Gasteiger partial charge is 0.191 e. The van der Waals surface area contributed by atoms with Crippen LogP contribution < -0.4 is 10.6 Å². The molecule has 1 heterocycles. The lowest BCUT2D eigenvalue weighted by atomic mass is 10.2. The second-order valence-electron chi connectivity index (χ2n) is 6.80. The molecule has 1 atom stereocenters. The van der Waals surface area contributed by atoms with Crippen LogP contribution in [0, 0.1) is 0 Å². The molecule has 140 valence electrons. The van der Waals surface area contributed by atoms with E-state index in [1.54, 1.807) is 7.05 Å². The van der Waals surface area contributed by atoms with Crippen LogP contribution in [0.4, 0.5) is 0 Å². The number of aliphatic imine (C=N–C) groups is 1. The molecule has 1 saturated carbocycles. The van der Waals surface area contributed by atoms with Crippen LogP contribution in [0.3, 0.4) is 0 Å². The number of rotatable bonds is 8. The number of ether oxygens (including phenoxy) is 1. The third kappa shape index (κ3) is 6.94. The Morgan fingerprint density at radius 1 is 1.25 bits per heavy atom. The monoisotopic (exact) mass is 360 g/mol. The lowest BCUT2D eigenvalue weighted by Gasteiger charge is -2.24. The molecule has 0 spiro atoms. The molecule has 0 aromatic rings. The Morgan fingerprint density at radius 2 is 2.00 bits per heavy atom. The molecule has 1 aliphatic carbocycles. The maximum Gasteiger partial charge on any atom is 0.191 e. The van der Waals surface area contributed by atoms with E-state index in [2.05, 4.69) is 20.5 Å². The molecule has 0 bridgehead atoms. The zero-order chi connectivity index (χ0) is 17.4. The second kappa shape index (κ2) is 9.58.